The molecule has 8 heteroatoms. The van der Waals surface area contributed by atoms with E-state index >= 15 is 0 Å². The highest BCUT2D eigenvalue weighted by Gasteiger charge is 2.32. The Balaban J connectivity index is 2.30. The Morgan fingerprint density at radius 3 is 2.60 bits per heavy atom. The molecule has 1 N–H and O–H groups in total. The number of nitrogens with one attached hydrogen (secondary N) is 1. The summed E-state index contributed by atoms with van der Waals surface area (Å²) in [7, 11) is 0. The van der Waals surface area contributed by atoms with E-state index in [9.17, 15) is 22.8 Å². The van der Waals surface area contributed by atoms with E-state index in [0.29, 0.717) is 28.9 Å². The minimum atomic E-state index is -4.67. The van der Waals surface area contributed by atoms with Gasteiger partial charge in [-0.1, -0.05) is 36.7 Å². The average Bonchev–Trinajstić information content (AvgIpc) is 2.52. The Hall–Kier alpha value is -2.28. The zero-order valence-electron chi connectivity index (χ0n) is 13.6. The fourth-order valence-corrected chi connectivity index (χ4v) is 2.63. The molecule has 1 heterocycles. The van der Waals surface area contributed by atoms with Crippen LogP contribution in [0.15, 0.2) is 35.3 Å². The molecule has 0 bridgehead atoms. The first kappa shape index (κ1) is 19.1. The molecule has 0 saturated carbocycles. The third kappa shape index (κ3) is 4.42. The molecular formula is C17H16ClF3N2O2. The largest absolute Gasteiger partial charge is 0.417 e. The van der Waals surface area contributed by atoms with Crippen LogP contribution < -0.4 is 10.9 Å². The van der Waals surface area contributed by atoms with E-state index in [1.165, 1.54) is 0 Å². The number of benzene rings is 1. The average molecular weight is 373 g/mol. The van der Waals surface area contributed by atoms with Gasteiger partial charge in [0.15, 0.2) is 0 Å². The molecular weight excluding hydrogens is 357 g/mol. The van der Waals surface area contributed by atoms with Gasteiger partial charge in [-0.05, 0) is 30.5 Å². The molecule has 0 aliphatic rings. The number of rotatable bonds is 4. The molecule has 0 unspecified atom stereocenters. The van der Waals surface area contributed by atoms with Gasteiger partial charge >= 0.3 is 6.18 Å². The Morgan fingerprint density at radius 2 is 2.00 bits per heavy atom. The number of alkyl halides is 3. The molecule has 0 radical (unpaired) electrons. The third-order valence-electron chi connectivity index (χ3n) is 3.69. The quantitative estimate of drug-likeness (QED) is 0.881. The van der Waals surface area contributed by atoms with Crippen LogP contribution in [0.3, 0.4) is 0 Å². The summed E-state index contributed by atoms with van der Waals surface area (Å²) in [6.45, 7) is 3.16. The van der Waals surface area contributed by atoms with Crippen molar-refractivity contribution in [3.05, 3.63) is 62.5 Å². The predicted molar refractivity (Wildman–Crippen MR) is 89.9 cm³/mol. The number of pyridine rings is 1. The van der Waals surface area contributed by atoms with Gasteiger partial charge in [0.05, 0.1) is 5.56 Å². The number of amides is 1. The number of aryl methyl sites for hydroxylation is 2. The van der Waals surface area contributed by atoms with Gasteiger partial charge in [-0.25, -0.2) is 0 Å². The minimum absolute atomic E-state index is 0.550. The minimum Gasteiger partial charge on any atom is -0.324 e. The first-order valence-electron chi connectivity index (χ1n) is 7.49. The Labute approximate surface area is 147 Å². The lowest BCUT2D eigenvalue weighted by Gasteiger charge is -2.15. The highest BCUT2D eigenvalue weighted by molar-refractivity contribution is 6.30. The van der Waals surface area contributed by atoms with Gasteiger partial charge < -0.3 is 9.88 Å². The number of hydrogen-bond acceptors (Lipinski definition) is 2. The number of anilines is 1. The van der Waals surface area contributed by atoms with Crippen molar-refractivity contribution in [2.75, 3.05) is 5.32 Å². The molecule has 0 fully saturated rings. The molecule has 4 nitrogen and oxygen atoms in total. The zero-order chi connectivity index (χ0) is 18.8. The molecule has 0 atom stereocenters. The van der Waals surface area contributed by atoms with E-state index in [4.69, 9.17) is 11.6 Å². The van der Waals surface area contributed by atoms with Crippen LogP contribution in [0.4, 0.5) is 18.9 Å². The lowest BCUT2D eigenvalue weighted by Crippen LogP contribution is -2.29. The lowest BCUT2D eigenvalue weighted by molar-refractivity contribution is -0.138. The number of hydrogen-bond donors (Lipinski definition) is 1. The normalized spacial score (nSPS) is 11.4. The number of carbonyl (C=O) groups excluding carboxylic acids is 1. The predicted octanol–water partition coefficient (Wildman–Crippen LogP) is 4.03. The molecule has 1 amide bonds. The van der Waals surface area contributed by atoms with Gasteiger partial charge in [-0.2, -0.15) is 13.2 Å². The van der Waals surface area contributed by atoms with Crippen molar-refractivity contribution in [2.24, 2.45) is 0 Å². The van der Waals surface area contributed by atoms with Crippen molar-refractivity contribution in [2.45, 2.75) is 33.0 Å². The van der Waals surface area contributed by atoms with Crippen LogP contribution in [-0.2, 0) is 23.9 Å². The molecule has 0 aliphatic heterocycles. The Kier molecular flexibility index (Phi) is 5.57. The van der Waals surface area contributed by atoms with Crippen LogP contribution in [0, 0.1) is 6.92 Å². The summed E-state index contributed by atoms with van der Waals surface area (Å²) in [4.78, 5) is 24.1. The van der Waals surface area contributed by atoms with E-state index < -0.39 is 34.8 Å². The highest BCUT2D eigenvalue weighted by atomic mass is 35.5. The molecule has 1 aromatic carbocycles. The Bertz CT molecular complexity index is 860. The summed E-state index contributed by atoms with van der Waals surface area (Å²) < 4.78 is 39.2. The third-order valence-corrected chi connectivity index (χ3v) is 3.96. The van der Waals surface area contributed by atoms with Crippen LogP contribution in [0.5, 0.6) is 0 Å². The first-order chi connectivity index (χ1) is 11.6. The fraction of sp³-hybridized carbons (Fsp3) is 0.294. The monoisotopic (exact) mass is 372 g/mol. The van der Waals surface area contributed by atoms with E-state index in [1.54, 1.807) is 0 Å². The van der Waals surface area contributed by atoms with Crippen LogP contribution in [0.2, 0.25) is 5.02 Å². The number of nitrogens with zero attached hydrogens (tertiary/aromatic N) is 1. The maximum absolute atomic E-state index is 12.8. The second-order valence-electron chi connectivity index (χ2n) is 5.52. The number of halogens is 4. The van der Waals surface area contributed by atoms with Crippen LogP contribution in [0.1, 0.15) is 23.6 Å². The Morgan fingerprint density at radius 1 is 1.32 bits per heavy atom. The van der Waals surface area contributed by atoms with Crippen LogP contribution in [-0.4, -0.2) is 10.5 Å². The van der Waals surface area contributed by atoms with Gasteiger partial charge in [0.1, 0.15) is 11.6 Å². The summed E-state index contributed by atoms with van der Waals surface area (Å²) in [6.07, 6.45) is -3.40. The summed E-state index contributed by atoms with van der Waals surface area (Å²) in [5.74, 6) is -0.610. The van der Waals surface area contributed by atoms with Crippen molar-refractivity contribution >= 4 is 23.2 Å². The summed E-state index contributed by atoms with van der Waals surface area (Å²) >= 11 is 5.58. The zero-order valence-corrected chi connectivity index (χ0v) is 14.3. The molecule has 2 rings (SSSR count). The smallest absolute Gasteiger partial charge is 0.324 e. The lowest BCUT2D eigenvalue weighted by atomic mass is 10.1. The number of carbonyl (C=O) groups is 1. The van der Waals surface area contributed by atoms with Crippen LogP contribution in [0.25, 0.3) is 0 Å². The molecule has 25 heavy (non-hydrogen) atoms. The van der Waals surface area contributed by atoms with Crippen molar-refractivity contribution < 1.29 is 18.0 Å². The van der Waals surface area contributed by atoms with Gasteiger partial charge in [0, 0.05) is 11.9 Å². The van der Waals surface area contributed by atoms with E-state index in [1.807, 2.05) is 32.0 Å². The molecule has 0 saturated heterocycles. The second kappa shape index (κ2) is 7.31. The summed E-state index contributed by atoms with van der Waals surface area (Å²) in [5, 5.41) is 2.07. The molecule has 0 spiro atoms. The number of aromatic nitrogens is 1. The van der Waals surface area contributed by atoms with E-state index in [-0.39, 0.29) is 0 Å². The number of para-hydroxylation sites is 1. The standard InChI is InChI=1S/C17H16ClF3N2O2/c1-3-11-6-4-5-10(2)15(11)22-14(24)9-23-8-12(17(19,20)21)7-13(18)16(23)25/h4-8H,3,9H2,1-2H3,(H,22,24). The fourth-order valence-electron chi connectivity index (χ4n) is 2.41. The van der Waals surface area contributed by atoms with E-state index in [0.717, 1.165) is 11.1 Å². The topological polar surface area (TPSA) is 51.1 Å². The maximum atomic E-state index is 12.8. The SMILES string of the molecule is CCc1cccc(C)c1NC(=O)Cn1cc(C(F)(F)F)cc(Cl)c1=O. The van der Waals surface area contributed by atoms with Gasteiger partial charge in [0.2, 0.25) is 5.91 Å². The van der Waals surface area contributed by atoms with Crippen molar-refractivity contribution in [3.8, 4) is 0 Å². The molecule has 2 aromatic rings. The summed E-state index contributed by atoms with van der Waals surface area (Å²) in [5.41, 5.74) is 0.367. The molecule has 134 valence electrons. The van der Waals surface area contributed by atoms with Crippen LogP contribution >= 0.6 is 11.6 Å². The highest BCUT2D eigenvalue weighted by Crippen LogP contribution is 2.29. The van der Waals surface area contributed by atoms with Gasteiger partial charge in [-0.15, -0.1) is 0 Å². The first-order valence-corrected chi connectivity index (χ1v) is 7.86. The van der Waals surface area contributed by atoms with Gasteiger partial charge in [0.25, 0.3) is 5.56 Å². The molecule has 0 aliphatic carbocycles. The summed E-state index contributed by atoms with van der Waals surface area (Å²) in [6, 6.07) is 6.05. The maximum Gasteiger partial charge on any atom is 0.417 e. The van der Waals surface area contributed by atoms with Crippen molar-refractivity contribution in [1.29, 1.82) is 0 Å². The van der Waals surface area contributed by atoms with Crippen molar-refractivity contribution in [3.63, 3.8) is 0 Å². The molecule has 1 aromatic heterocycles. The second-order valence-corrected chi connectivity index (χ2v) is 5.93. The van der Waals surface area contributed by atoms with E-state index in [2.05, 4.69) is 5.32 Å². The van der Waals surface area contributed by atoms with Crippen molar-refractivity contribution in [1.82, 2.24) is 4.57 Å². The van der Waals surface area contributed by atoms with Gasteiger partial charge in [-0.3, -0.25) is 9.59 Å².